The number of carboxylic acids is 1. The Labute approximate surface area is 92.5 Å². The Balaban J connectivity index is 2.62. The number of ether oxygens (including phenoxy) is 1. The normalized spacial score (nSPS) is 13.6. The van der Waals surface area contributed by atoms with Gasteiger partial charge in [-0.2, -0.15) is 5.26 Å². The molecule has 5 nitrogen and oxygen atoms in total. The molecule has 0 aliphatic rings. The molecule has 16 heavy (non-hydrogen) atoms. The molecule has 0 fully saturated rings. The summed E-state index contributed by atoms with van der Waals surface area (Å²) < 4.78 is 5.09. The van der Waals surface area contributed by atoms with E-state index in [-0.39, 0.29) is 6.61 Å². The Kier molecular flexibility index (Phi) is 3.48. The van der Waals surface area contributed by atoms with E-state index >= 15 is 0 Å². The fourth-order valence-electron chi connectivity index (χ4n) is 0.911. The Morgan fingerprint density at radius 2 is 2.06 bits per heavy atom. The summed E-state index contributed by atoms with van der Waals surface area (Å²) in [6.45, 7) is 0.799. The summed E-state index contributed by atoms with van der Waals surface area (Å²) in [5.74, 6) is -0.943. The van der Waals surface area contributed by atoms with Crippen LogP contribution in [0, 0.1) is 11.3 Å². The predicted molar refractivity (Wildman–Crippen MR) is 54.9 cm³/mol. The number of rotatable bonds is 4. The molecule has 0 saturated carbocycles. The lowest BCUT2D eigenvalue weighted by atomic mass is 10.1. The number of nitrogens with zero attached hydrogens (tertiary/aromatic N) is 1. The zero-order valence-electron chi connectivity index (χ0n) is 8.67. The molecule has 0 amide bonds. The number of nitriles is 1. The van der Waals surface area contributed by atoms with Crippen molar-refractivity contribution in [1.29, 1.82) is 5.26 Å². The Bertz CT molecular complexity index is 417. The summed E-state index contributed by atoms with van der Waals surface area (Å²) in [6, 6.07) is 8.11. The van der Waals surface area contributed by atoms with Crippen molar-refractivity contribution in [3.8, 4) is 11.8 Å². The highest BCUT2D eigenvalue weighted by molar-refractivity contribution is 5.76. The van der Waals surface area contributed by atoms with Crippen LogP contribution in [0.25, 0.3) is 0 Å². The molecular weight excluding hydrogens is 210 g/mol. The van der Waals surface area contributed by atoms with E-state index in [1.807, 2.05) is 6.07 Å². The molecule has 0 aliphatic carbocycles. The first-order chi connectivity index (χ1) is 7.45. The second-order valence-electron chi connectivity index (χ2n) is 3.50. The number of carboxylic acid groups (broad SMARTS) is 1. The van der Waals surface area contributed by atoms with Crippen LogP contribution < -0.4 is 4.74 Å². The van der Waals surface area contributed by atoms with E-state index in [1.54, 1.807) is 12.1 Å². The number of benzene rings is 1. The van der Waals surface area contributed by atoms with Gasteiger partial charge in [0.25, 0.3) is 0 Å². The Morgan fingerprint density at radius 1 is 1.50 bits per heavy atom. The molecule has 1 aromatic carbocycles. The first kappa shape index (κ1) is 12.0. The number of aliphatic carboxylic acids is 1. The molecule has 0 unspecified atom stereocenters. The lowest BCUT2D eigenvalue weighted by Crippen LogP contribution is -2.41. The third kappa shape index (κ3) is 2.97. The van der Waals surface area contributed by atoms with E-state index in [9.17, 15) is 9.90 Å². The van der Waals surface area contributed by atoms with Gasteiger partial charge in [0.05, 0.1) is 11.6 Å². The highest BCUT2D eigenvalue weighted by Gasteiger charge is 2.30. The summed E-state index contributed by atoms with van der Waals surface area (Å²) >= 11 is 0. The van der Waals surface area contributed by atoms with E-state index in [0.29, 0.717) is 11.3 Å². The van der Waals surface area contributed by atoms with Gasteiger partial charge in [0, 0.05) is 0 Å². The highest BCUT2D eigenvalue weighted by atomic mass is 16.5. The van der Waals surface area contributed by atoms with E-state index in [1.165, 1.54) is 12.1 Å². The molecule has 0 bridgehead atoms. The molecule has 5 heteroatoms. The van der Waals surface area contributed by atoms with Crippen LogP contribution in [0.2, 0.25) is 0 Å². The van der Waals surface area contributed by atoms with Crippen molar-refractivity contribution in [3.63, 3.8) is 0 Å². The van der Waals surface area contributed by atoms with Crippen LogP contribution in [0.1, 0.15) is 12.5 Å². The van der Waals surface area contributed by atoms with Gasteiger partial charge in [-0.05, 0) is 31.2 Å². The number of carbonyl (C=O) groups is 1. The molecule has 0 heterocycles. The van der Waals surface area contributed by atoms with Crippen molar-refractivity contribution in [1.82, 2.24) is 0 Å². The lowest BCUT2D eigenvalue weighted by molar-refractivity contribution is -0.159. The predicted octanol–water partition coefficient (Wildman–Crippen LogP) is 0.773. The van der Waals surface area contributed by atoms with Gasteiger partial charge < -0.3 is 14.9 Å². The Morgan fingerprint density at radius 3 is 2.50 bits per heavy atom. The van der Waals surface area contributed by atoms with E-state index in [0.717, 1.165) is 6.92 Å². The summed E-state index contributed by atoms with van der Waals surface area (Å²) in [4.78, 5) is 10.6. The quantitative estimate of drug-likeness (QED) is 0.783. The molecule has 2 N–H and O–H groups in total. The van der Waals surface area contributed by atoms with Crippen LogP contribution >= 0.6 is 0 Å². The third-order valence-electron chi connectivity index (χ3n) is 1.96. The minimum Gasteiger partial charge on any atom is -0.490 e. The third-order valence-corrected chi connectivity index (χ3v) is 1.96. The summed E-state index contributed by atoms with van der Waals surface area (Å²) in [5.41, 5.74) is -1.44. The monoisotopic (exact) mass is 221 g/mol. The van der Waals surface area contributed by atoms with Crippen molar-refractivity contribution in [3.05, 3.63) is 29.8 Å². The van der Waals surface area contributed by atoms with Crippen molar-refractivity contribution < 1.29 is 19.7 Å². The lowest BCUT2D eigenvalue weighted by Gasteiger charge is -2.18. The molecule has 0 radical (unpaired) electrons. The Hall–Kier alpha value is -2.06. The maximum atomic E-state index is 10.6. The van der Waals surface area contributed by atoms with Crippen molar-refractivity contribution in [2.45, 2.75) is 12.5 Å². The smallest absolute Gasteiger partial charge is 0.339 e. The highest BCUT2D eigenvalue weighted by Crippen LogP contribution is 2.14. The number of hydrogen-bond acceptors (Lipinski definition) is 4. The van der Waals surface area contributed by atoms with Gasteiger partial charge in [0.1, 0.15) is 12.4 Å². The molecular formula is C11H11NO4. The summed E-state index contributed by atoms with van der Waals surface area (Å²) in [6.07, 6.45) is 0. The maximum Gasteiger partial charge on any atom is 0.339 e. The van der Waals surface area contributed by atoms with Gasteiger partial charge in [-0.25, -0.2) is 4.79 Å². The van der Waals surface area contributed by atoms with E-state index < -0.39 is 11.6 Å². The first-order valence-electron chi connectivity index (χ1n) is 4.54. The zero-order valence-corrected chi connectivity index (χ0v) is 8.67. The molecule has 0 spiro atoms. The number of aliphatic hydroxyl groups is 1. The molecule has 0 aromatic heterocycles. The first-order valence-corrected chi connectivity index (χ1v) is 4.54. The second kappa shape index (κ2) is 4.64. The maximum absolute atomic E-state index is 10.6. The average Bonchev–Trinajstić information content (AvgIpc) is 2.27. The fourth-order valence-corrected chi connectivity index (χ4v) is 0.911. The SMILES string of the molecule is C[C@](O)(COc1ccc(C#N)cc1)C(=O)O. The van der Waals surface area contributed by atoms with Gasteiger partial charge >= 0.3 is 5.97 Å². The average molecular weight is 221 g/mol. The van der Waals surface area contributed by atoms with E-state index in [4.69, 9.17) is 15.1 Å². The van der Waals surface area contributed by atoms with Crippen LogP contribution in [0.15, 0.2) is 24.3 Å². The molecule has 0 saturated heterocycles. The van der Waals surface area contributed by atoms with Gasteiger partial charge in [0.2, 0.25) is 0 Å². The standard InChI is InChI=1S/C11H11NO4/c1-11(15,10(13)14)7-16-9-4-2-8(6-12)3-5-9/h2-5,15H,7H2,1H3,(H,13,14)/t11-/m0/s1. The summed E-state index contributed by atoms with van der Waals surface area (Å²) in [5, 5.41) is 26.6. The molecule has 84 valence electrons. The van der Waals surface area contributed by atoms with Crippen LogP contribution in [0.3, 0.4) is 0 Å². The van der Waals surface area contributed by atoms with Crippen LogP contribution in [0.5, 0.6) is 5.75 Å². The van der Waals surface area contributed by atoms with Crippen molar-refractivity contribution >= 4 is 5.97 Å². The molecule has 1 rings (SSSR count). The minimum atomic E-state index is -1.92. The molecule has 1 atom stereocenters. The van der Waals surface area contributed by atoms with Gasteiger partial charge in [-0.1, -0.05) is 0 Å². The van der Waals surface area contributed by atoms with Crippen LogP contribution in [-0.4, -0.2) is 28.4 Å². The molecule has 1 aromatic rings. The second-order valence-corrected chi connectivity index (χ2v) is 3.50. The minimum absolute atomic E-state index is 0.353. The topological polar surface area (TPSA) is 90.5 Å². The van der Waals surface area contributed by atoms with Gasteiger partial charge in [-0.3, -0.25) is 0 Å². The van der Waals surface area contributed by atoms with Crippen LogP contribution in [-0.2, 0) is 4.79 Å². The van der Waals surface area contributed by atoms with E-state index in [2.05, 4.69) is 0 Å². The number of hydrogen-bond donors (Lipinski definition) is 2. The summed E-state index contributed by atoms with van der Waals surface area (Å²) in [7, 11) is 0. The van der Waals surface area contributed by atoms with Crippen LogP contribution in [0.4, 0.5) is 0 Å². The van der Waals surface area contributed by atoms with Crippen molar-refractivity contribution in [2.24, 2.45) is 0 Å². The molecule has 0 aliphatic heterocycles. The van der Waals surface area contributed by atoms with Crippen molar-refractivity contribution in [2.75, 3.05) is 6.61 Å². The zero-order chi connectivity index (χ0) is 12.2. The largest absolute Gasteiger partial charge is 0.490 e. The van der Waals surface area contributed by atoms with Gasteiger partial charge in [-0.15, -0.1) is 0 Å². The fraction of sp³-hybridized carbons (Fsp3) is 0.273. The van der Waals surface area contributed by atoms with Gasteiger partial charge in [0.15, 0.2) is 5.60 Å².